The van der Waals surface area contributed by atoms with Crippen LogP contribution in [0.1, 0.15) is 24.6 Å². The summed E-state index contributed by atoms with van der Waals surface area (Å²) in [5.74, 6) is -0.192. The molecule has 0 aliphatic carbocycles. The van der Waals surface area contributed by atoms with Crippen molar-refractivity contribution in [3.63, 3.8) is 0 Å². The van der Waals surface area contributed by atoms with Crippen molar-refractivity contribution in [3.8, 4) is 0 Å². The first-order valence-electron chi connectivity index (χ1n) is 6.92. The van der Waals surface area contributed by atoms with Crippen LogP contribution in [0.2, 0.25) is 0 Å². The van der Waals surface area contributed by atoms with Gasteiger partial charge in [0.05, 0.1) is 19.1 Å². The molecular formula is C14H20N2O3S. The quantitative estimate of drug-likeness (QED) is 0.867. The minimum Gasteiger partial charge on any atom is -0.466 e. The van der Waals surface area contributed by atoms with Crippen LogP contribution in [0, 0.1) is 5.92 Å². The van der Waals surface area contributed by atoms with Crippen LogP contribution in [0.15, 0.2) is 17.5 Å². The zero-order valence-corrected chi connectivity index (χ0v) is 12.4. The summed E-state index contributed by atoms with van der Waals surface area (Å²) in [7, 11) is 0. The molecule has 2 heterocycles. The molecule has 1 aliphatic heterocycles. The summed E-state index contributed by atoms with van der Waals surface area (Å²) < 4.78 is 5.02. The number of ether oxygens (including phenoxy) is 1. The van der Waals surface area contributed by atoms with Gasteiger partial charge in [0.15, 0.2) is 0 Å². The van der Waals surface area contributed by atoms with Crippen molar-refractivity contribution in [1.82, 2.24) is 10.2 Å². The number of nitrogens with one attached hydrogen (secondary N) is 1. The van der Waals surface area contributed by atoms with Crippen LogP contribution >= 0.6 is 11.3 Å². The van der Waals surface area contributed by atoms with Crippen LogP contribution in [0.25, 0.3) is 0 Å². The van der Waals surface area contributed by atoms with Crippen molar-refractivity contribution in [2.24, 2.45) is 5.92 Å². The number of carbonyl (C=O) groups excluding carboxylic acids is 2. The fraction of sp³-hybridized carbons (Fsp3) is 0.571. The summed E-state index contributed by atoms with van der Waals surface area (Å²) in [6, 6.07) is 3.91. The number of hydrogen-bond acceptors (Lipinski definition) is 4. The van der Waals surface area contributed by atoms with Crippen LogP contribution in [-0.4, -0.2) is 36.6 Å². The van der Waals surface area contributed by atoms with Crippen molar-refractivity contribution in [3.05, 3.63) is 22.4 Å². The Kier molecular flexibility index (Phi) is 5.40. The molecule has 110 valence electrons. The molecule has 6 heteroatoms. The van der Waals surface area contributed by atoms with Crippen molar-refractivity contribution in [1.29, 1.82) is 0 Å². The Morgan fingerprint density at radius 1 is 1.45 bits per heavy atom. The molecular weight excluding hydrogens is 276 g/mol. The van der Waals surface area contributed by atoms with Gasteiger partial charge >= 0.3 is 12.0 Å². The van der Waals surface area contributed by atoms with Gasteiger partial charge in [0.1, 0.15) is 0 Å². The Morgan fingerprint density at radius 3 is 2.80 bits per heavy atom. The molecule has 1 N–H and O–H groups in total. The largest absolute Gasteiger partial charge is 0.466 e. The second kappa shape index (κ2) is 7.28. The standard InChI is InChI=1S/C14H20N2O3S/c1-2-19-13(17)11-5-7-16(8-6-11)14(18)15-10-12-4-3-9-20-12/h3-4,9,11H,2,5-8,10H2,1H3,(H,15,18). The van der Waals surface area contributed by atoms with Crippen LogP contribution in [0.4, 0.5) is 4.79 Å². The summed E-state index contributed by atoms with van der Waals surface area (Å²) in [5, 5.41) is 4.90. The second-order valence-electron chi connectivity index (χ2n) is 4.75. The highest BCUT2D eigenvalue weighted by atomic mass is 32.1. The Bertz CT molecular complexity index is 439. The fourth-order valence-electron chi connectivity index (χ4n) is 2.27. The summed E-state index contributed by atoms with van der Waals surface area (Å²) in [6.45, 7) is 4.01. The van der Waals surface area contributed by atoms with E-state index < -0.39 is 0 Å². The lowest BCUT2D eigenvalue weighted by atomic mass is 9.97. The third kappa shape index (κ3) is 3.96. The molecule has 0 spiro atoms. The molecule has 1 saturated heterocycles. The second-order valence-corrected chi connectivity index (χ2v) is 5.78. The number of amides is 2. The van der Waals surface area contributed by atoms with E-state index in [1.165, 1.54) is 0 Å². The minimum absolute atomic E-state index is 0.0549. The predicted molar refractivity (Wildman–Crippen MR) is 77.5 cm³/mol. The molecule has 1 aromatic rings. The van der Waals surface area contributed by atoms with Gasteiger partial charge in [-0.05, 0) is 31.2 Å². The summed E-state index contributed by atoms with van der Waals surface area (Å²) in [4.78, 5) is 26.5. The maximum absolute atomic E-state index is 12.0. The fourth-order valence-corrected chi connectivity index (χ4v) is 2.91. The first-order valence-corrected chi connectivity index (χ1v) is 7.80. The molecule has 0 radical (unpaired) electrons. The topological polar surface area (TPSA) is 58.6 Å². The van der Waals surface area contributed by atoms with Gasteiger partial charge in [-0.2, -0.15) is 0 Å². The van der Waals surface area contributed by atoms with Gasteiger partial charge in [0.2, 0.25) is 0 Å². The Hall–Kier alpha value is -1.56. The first kappa shape index (κ1) is 14.8. The van der Waals surface area contributed by atoms with Crippen LogP contribution in [0.3, 0.4) is 0 Å². The maximum Gasteiger partial charge on any atom is 0.317 e. The highest BCUT2D eigenvalue weighted by molar-refractivity contribution is 7.09. The van der Waals surface area contributed by atoms with Crippen molar-refractivity contribution < 1.29 is 14.3 Å². The summed E-state index contributed by atoms with van der Waals surface area (Å²) >= 11 is 1.63. The molecule has 2 amide bonds. The van der Waals surface area contributed by atoms with Crippen LogP contribution in [-0.2, 0) is 16.1 Å². The average Bonchev–Trinajstić information content (AvgIpc) is 2.98. The number of hydrogen-bond donors (Lipinski definition) is 1. The molecule has 1 aromatic heterocycles. The molecule has 0 saturated carbocycles. The third-order valence-corrected chi connectivity index (χ3v) is 4.27. The van der Waals surface area contributed by atoms with E-state index in [9.17, 15) is 9.59 Å². The number of thiophene rings is 1. The number of esters is 1. The molecule has 1 fully saturated rings. The molecule has 1 aliphatic rings. The van der Waals surface area contributed by atoms with Gasteiger partial charge in [-0.25, -0.2) is 4.79 Å². The molecule has 20 heavy (non-hydrogen) atoms. The number of piperidine rings is 1. The monoisotopic (exact) mass is 296 g/mol. The number of likely N-dealkylation sites (tertiary alicyclic amines) is 1. The predicted octanol–water partition coefficient (Wildman–Crippen LogP) is 2.23. The van der Waals surface area contributed by atoms with Gasteiger partial charge in [-0.3, -0.25) is 4.79 Å². The number of rotatable bonds is 4. The number of nitrogens with zero attached hydrogens (tertiary/aromatic N) is 1. The van der Waals surface area contributed by atoms with Crippen molar-refractivity contribution in [2.45, 2.75) is 26.3 Å². The molecule has 0 unspecified atom stereocenters. The highest BCUT2D eigenvalue weighted by Gasteiger charge is 2.27. The smallest absolute Gasteiger partial charge is 0.317 e. The van der Waals surface area contributed by atoms with Crippen molar-refractivity contribution >= 4 is 23.3 Å². The van der Waals surface area contributed by atoms with Gasteiger partial charge in [0.25, 0.3) is 0 Å². The lowest BCUT2D eigenvalue weighted by Gasteiger charge is -2.30. The van der Waals surface area contributed by atoms with Gasteiger partial charge in [0, 0.05) is 18.0 Å². The number of urea groups is 1. The lowest BCUT2D eigenvalue weighted by molar-refractivity contribution is -0.149. The van der Waals surface area contributed by atoms with Gasteiger partial charge in [-0.1, -0.05) is 6.07 Å². The zero-order chi connectivity index (χ0) is 14.4. The van der Waals surface area contributed by atoms with Crippen LogP contribution < -0.4 is 5.32 Å². The third-order valence-electron chi connectivity index (χ3n) is 3.40. The van der Waals surface area contributed by atoms with Crippen LogP contribution in [0.5, 0.6) is 0 Å². The van der Waals surface area contributed by atoms with E-state index in [2.05, 4.69) is 5.32 Å². The summed E-state index contributed by atoms with van der Waals surface area (Å²) in [6.07, 6.45) is 1.37. The van der Waals surface area contributed by atoms with E-state index in [1.807, 2.05) is 24.4 Å². The lowest BCUT2D eigenvalue weighted by Crippen LogP contribution is -2.45. The average molecular weight is 296 g/mol. The van der Waals surface area contributed by atoms with E-state index in [1.54, 1.807) is 16.2 Å². The highest BCUT2D eigenvalue weighted by Crippen LogP contribution is 2.18. The van der Waals surface area contributed by atoms with Crippen molar-refractivity contribution in [2.75, 3.05) is 19.7 Å². The summed E-state index contributed by atoms with van der Waals surface area (Å²) in [5.41, 5.74) is 0. The molecule has 0 bridgehead atoms. The van der Waals surface area contributed by atoms with E-state index in [-0.39, 0.29) is 17.9 Å². The normalized spacial score (nSPS) is 15.9. The van der Waals surface area contributed by atoms with E-state index >= 15 is 0 Å². The zero-order valence-electron chi connectivity index (χ0n) is 11.6. The minimum atomic E-state index is -0.133. The van der Waals surface area contributed by atoms with E-state index in [4.69, 9.17) is 4.74 Å². The Morgan fingerprint density at radius 2 is 2.20 bits per heavy atom. The molecule has 5 nitrogen and oxygen atoms in total. The molecule has 0 atom stereocenters. The Balaban J connectivity index is 1.73. The maximum atomic E-state index is 12.0. The number of carbonyl (C=O) groups is 2. The van der Waals surface area contributed by atoms with E-state index in [0.29, 0.717) is 39.1 Å². The van der Waals surface area contributed by atoms with Gasteiger partial charge in [-0.15, -0.1) is 11.3 Å². The van der Waals surface area contributed by atoms with Gasteiger partial charge < -0.3 is 15.0 Å². The molecule has 0 aromatic carbocycles. The Labute approximate surface area is 122 Å². The van der Waals surface area contributed by atoms with E-state index in [0.717, 1.165) is 4.88 Å². The SMILES string of the molecule is CCOC(=O)C1CCN(C(=O)NCc2cccs2)CC1. The first-order chi connectivity index (χ1) is 9.70. The molecule has 2 rings (SSSR count).